The molecule has 0 atom stereocenters. The van der Waals surface area contributed by atoms with Crippen molar-refractivity contribution in [3.05, 3.63) is 82.9 Å². The van der Waals surface area contributed by atoms with E-state index in [1.165, 1.54) is 33.4 Å². The molecule has 0 amide bonds. The fourth-order valence-electron chi connectivity index (χ4n) is 5.54. The molecule has 2 aliphatic carbocycles. The van der Waals surface area contributed by atoms with E-state index in [0.717, 1.165) is 32.5 Å². The molecule has 4 rings (SSSR count). The Morgan fingerprint density at radius 1 is 0.655 bits per heavy atom. The van der Waals surface area contributed by atoms with Crippen LogP contribution in [0.3, 0.4) is 0 Å². The number of rotatable bonds is 6. The van der Waals surface area contributed by atoms with Crippen molar-refractivity contribution in [1.82, 2.24) is 0 Å². The molecule has 0 bridgehead atoms. The van der Waals surface area contributed by atoms with E-state index in [2.05, 4.69) is 74.5 Å². The lowest BCUT2D eigenvalue weighted by atomic mass is 9.67. The minimum absolute atomic E-state index is 0.00858. The van der Waals surface area contributed by atoms with E-state index < -0.39 is 0 Å². The first-order valence-corrected chi connectivity index (χ1v) is 10.5. The Hall–Kier alpha value is -2.16. The number of hydrogen-bond donors (Lipinski definition) is 0. The molecule has 0 unspecified atom stereocenters. The van der Waals surface area contributed by atoms with Gasteiger partial charge in [0, 0.05) is 19.6 Å². The summed E-state index contributed by atoms with van der Waals surface area (Å²) in [5.41, 5.74) is 8.81. The van der Waals surface area contributed by atoms with Gasteiger partial charge in [-0.25, -0.2) is 0 Å². The Morgan fingerprint density at radius 2 is 1.17 bits per heavy atom. The molecule has 1 saturated carbocycles. The van der Waals surface area contributed by atoms with Crippen LogP contribution >= 0.6 is 0 Å². The summed E-state index contributed by atoms with van der Waals surface area (Å²) in [6.07, 6.45) is 3.07. The van der Waals surface area contributed by atoms with Gasteiger partial charge in [0.2, 0.25) is 0 Å². The molecule has 0 heterocycles. The van der Waals surface area contributed by atoms with Crippen LogP contribution in [0.2, 0.25) is 0 Å². The van der Waals surface area contributed by atoms with Gasteiger partial charge in [0.05, 0.1) is 13.2 Å². The minimum atomic E-state index is 0.00858. The maximum atomic E-state index is 5.70. The Kier molecular flexibility index (Phi) is 5.50. The zero-order chi connectivity index (χ0) is 20.5. The lowest BCUT2D eigenvalue weighted by Crippen LogP contribution is -2.28. The molecule has 1 fully saturated rings. The van der Waals surface area contributed by atoms with Gasteiger partial charge in [-0.15, -0.1) is 0 Å². The molecule has 0 aliphatic heterocycles. The van der Waals surface area contributed by atoms with E-state index in [-0.39, 0.29) is 10.8 Å². The Balaban J connectivity index is 1.96. The van der Waals surface area contributed by atoms with Crippen molar-refractivity contribution in [1.29, 1.82) is 0 Å². The number of methoxy groups -OCH3 is 2. The molecule has 2 aromatic carbocycles. The smallest absolute Gasteiger partial charge is 0.0547 e. The van der Waals surface area contributed by atoms with Crippen LogP contribution in [0.5, 0.6) is 0 Å². The van der Waals surface area contributed by atoms with Crippen molar-refractivity contribution in [2.75, 3.05) is 27.4 Å². The van der Waals surface area contributed by atoms with Crippen LogP contribution in [-0.2, 0) is 9.47 Å². The van der Waals surface area contributed by atoms with Crippen molar-refractivity contribution in [3.63, 3.8) is 0 Å². The molecule has 2 nitrogen and oxygen atoms in total. The summed E-state index contributed by atoms with van der Waals surface area (Å²) in [6.45, 7) is 6.24. The quantitative estimate of drug-likeness (QED) is 0.570. The SMILES string of the molecule is COCC1(COC)CC2=C(c3ccccc3)CC(C)(C)C(c3ccccc3)=C2C1. The monoisotopic (exact) mass is 388 g/mol. The first-order chi connectivity index (χ1) is 14.0. The second-order valence-corrected chi connectivity index (χ2v) is 9.32. The van der Waals surface area contributed by atoms with Crippen LogP contribution in [0, 0.1) is 10.8 Å². The van der Waals surface area contributed by atoms with E-state index in [1.807, 2.05) is 14.2 Å². The van der Waals surface area contributed by atoms with Gasteiger partial charge in [0.1, 0.15) is 0 Å². The van der Waals surface area contributed by atoms with Crippen molar-refractivity contribution in [2.45, 2.75) is 33.1 Å². The highest BCUT2D eigenvalue weighted by molar-refractivity contribution is 5.88. The molecule has 2 heteroatoms. The summed E-state index contributed by atoms with van der Waals surface area (Å²) >= 11 is 0. The van der Waals surface area contributed by atoms with Crippen molar-refractivity contribution < 1.29 is 9.47 Å². The second kappa shape index (κ2) is 7.93. The van der Waals surface area contributed by atoms with Gasteiger partial charge in [-0.3, -0.25) is 0 Å². The molecule has 0 aromatic heterocycles. The topological polar surface area (TPSA) is 18.5 Å². The van der Waals surface area contributed by atoms with Crippen LogP contribution in [0.1, 0.15) is 44.2 Å². The van der Waals surface area contributed by atoms with Gasteiger partial charge < -0.3 is 9.47 Å². The van der Waals surface area contributed by atoms with Crippen LogP contribution < -0.4 is 0 Å². The second-order valence-electron chi connectivity index (χ2n) is 9.32. The molecule has 152 valence electrons. The zero-order valence-electron chi connectivity index (χ0n) is 18.1. The van der Waals surface area contributed by atoms with Gasteiger partial charge in [-0.05, 0) is 58.1 Å². The summed E-state index contributed by atoms with van der Waals surface area (Å²) in [5, 5.41) is 0. The predicted molar refractivity (Wildman–Crippen MR) is 121 cm³/mol. The highest BCUT2D eigenvalue weighted by Crippen LogP contribution is 2.59. The van der Waals surface area contributed by atoms with Gasteiger partial charge in [0.25, 0.3) is 0 Å². The molecule has 0 N–H and O–H groups in total. The van der Waals surface area contributed by atoms with Gasteiger partial charge in [-0.1, -0.05) is 74.5 Å². The van der Waals surface area contributed by atoms with E-state index in [9.17, 15) is 0 Å². The lowest BCUT2D eigenvalue weighted by molar-refractivity contribution is 0.0190. The largest absolute Gasteiger partial charge is 0.384 e. The maximum Gasteiger partial charge on any atom is 0.0547 e. The lowest BCUT2D eigenvalue weighted by Gasteiger charge is -2.37. The minimum Gasteiger partial charge on any atom is -0.384 e. The molecule has 2 aromatic rings. The molecular formula is C27H32O2. The fraction of sp³-hybridized carbons (Fsp3) is 0.407. The first-order valence-electron chi connectivity index (χ1n) is 10.5. The highest BCUT2D eigenvalue weighted by Gasteiger charge is 2.46. The van der Waals surface area contributed by atoms with Crippen LogP contribution in [0.15, 0.2) is 71.8 Å². The van der Waals surface area contributed by atoms with Gasteiger partial charge >= 0.3 is 0 Å². The standard InChI is InChI=1S/C27H32O2/c1-26(2)15-22(20-11-7-5-8-12-20)23-16-27(18-28-3,19-29-4)17-24(23)25(26)21-13-9-6-10-14-21/h5-14H,15-19H2,1-4H3. The molecular weight excluding hydrogens is 356 g/mol. The average molecular weight is 389 g/mol. The highest BCUT2D eigenvalue weighted by atomic mass is 16.5. The third-order valence-corrected chi connectivity index (χ3v) is 6.52. The predicted octanol–water partition coefficient (Wildman–Crippen LogP) is 6.40. The normalized spacial score (nSPS) is 20.1. The van der Waals surface area contributed by atoms with Gasteiger partial charge in [-0.2, -0.15) is 0 Å². The fourth-order valence-corrected chi connectivity index (χ4v) is 5.54. The summed E-state index contributed by atoms with van der Waals surface area (Å²) in [6, 6.07) is 21.9. The number of ether oxygens (including phenoxy) is 2. The third kappa shape index (κ3) is 3.72. The molecule has 2 aliphatic rings. The summed E-state index contributed by atoms with van der Waals surface area (Å²) in [4.78, 5) is 0. The van der Waals surface area contributed by atoms with Crippen molar-refractivity contribution in [2.24, 2.45) is 10.8 Å². The third-order valence-electron chi connectivity index (χ3n) is 6.52. The van der Waals surface area contributed by atoms with Crippen LogP contribution in [-0.4, -0.2) is 27.4 Å². The van der Waals surface area contributed by atoms with Crippen LogP contribution in [0.4, 0.5) is 0 Å². The summed E-state index contributed by atoms with van der Waals surface area (Å²) in [7, 11) is 3.62. The molecule has 0 radical (unpaired) electrons. The summed E-state index contributed by atoms with van der Waals surface area (Å²) in [5.74, 6) is 0. The summed E-state index contributed by atoms with van der Waals surface area (Å²) < 4.78 is 11.4. The molecule has 0 saturated heterocycles. The number of fused-ring (bicyclic) bond motifs is 1. The molecule has 0 spiro atoms. The van der Waals surface area contributed by atoms with Crippen LogP contribution in [0.25, 0.3) is 11.1 Å². The van der Waals surface area contributed by atoms with E-state index in [1.54, 1.807) is 0 Å². The van der Waals surface area contributed by atoms with E-state index in [0.29, 0.717) is 0 Å². The zero-order valence-corrected chi connectivity index (χ0v) is 18.1. The van der Waals surface area contributed by atoms with Crippen molar-refractivity contribution >= 4 is 11.1 Å². The number of allylic oxidation sites excluding steroid dienone is 4. The number of benzene rings is 2. The maximum absolute atomic E-state index is 5.70. The first kappa shape index (κ1) is 20.1. The Bertz CT molecular complexity index is 914. The van der Waals surface area contributed by atoms with Gasteiger partial charge in [0.15, 0.2) is 0 Å². The van der Waals surface area contributed by atoms with E-state index in [4.69, 9.17) is 9.47 Å². The van der Waals surface area contributed by atoms with Crippen molar-refractivity contribution in [3.8, 4) is 0 Å². The number of hydrogen-bond acceptors (Lipinski definition) is 2. The Labute approximate surface area is 175 Å². The average Bonchev–Trinajstić information content (AvgIpc) is 3.07. The molecule has 29 heavy (non-hydrogen) atoms. The Morgan fingerprint density at radius 3 is 1.72 bits per heavy atom. The van der Waals surface area contributed by atoms with E-state index >= 15 is 0 Å².